The van der Waals surface area contributed by atoms with Crippen molar-refractivity contribution < 1.29 is 33.4 Å². The van der Waals surface area contributed by atoms with E-state index in [0.29, 0.717) is 34.4 Å². The average Bonchev–Trinajstić information content (AvgIpc) is 3.25. The molecule has 2 aromatic rings. The summed E-state index contributed by atoms with van der Waals surface area (Å²) in [6.45, 7) is 3.15. The van der Waals surface area contributed by atoms with E-state index < -0.39 is 29.1 Å². The molecule has 1 aromatic heterocycles. The smallest absolute Gasteiger partial charge is 0.328 e. The molecule has 3 rings (SSSR count). The van der Waals surface area contributed by atoms with Gasteiger partial charge in [0.15, 0.2) is 0 Å². The summed E-state index contributed by atoms with van der Waals surface area (Å²) in [6, 6.07) is 6.77. The lowest BCUT2D eigenvalue weighted by Crippen LogP contribution is -2.42. The molecular weight excluding hydrogens is 398 g/mol. The number of ether oxygens (including phenoxy) is 1. The number of thioether (sulfide) groups is 1. The number of benzene rings is 1. The Morgan fingerprint density at radius 1 is 1.24 bits per heavy atom. The number of esters is 1. The van der Waals surface area contributed by atoms with E-state index in [1.807, 2.05) is 0 Å². The number of hydrogen-bond acceptors (Lipinski definition) is 8. The van der Waals surface area contributed by atoms with Crippen LogP contribution in [0.25, 0.3) is 17.4 Å². The minimum atomic E-state index is -1.27. The minimum absolute atomic E-state index is 0.0615. The van der Waals surface area contributed by atoms with Gasteiger partial charge in [0, 0.05) is 11.6 Å². The number of methoxy groups -OCH3 is 1. The Hall–Kier alpha value is -3.33. The predicted molar refractivity (Wildman–Crippen MR) is 102 cm³/mol. The molecule has 0 N–H and O–H groups in total. The molecule has 9 heteroatoms. The lowest BCUT2D eigenvalue weighted by atomic mass is 10.0. The van der Waals surface area contributed by atoms with Crippen molar-refractivity contribution in [1.29, 1.82) is 0 Å². The molecule has 0 saturated carbocycles. The van der Waals surface area contributed by atoms with Gasteiger partial charge in [-0.3, -0.25) is 14.5 Å². The second-order valence-electron chi connectivity index (χ2n) is 6.27. The molecule has 2 amide bonds. The summed E-state index contributed by atoms with van der Waals surface area (Å²) >= 11 is 0.705. The number of nitrogens with zero attached hydrogens (tertiary/aromatic N) is 1. The van der Waals surface area contributed by atoms with Crippen LogP contribution in [0.3, 0.4) is 0 Å². The maximum absolute atomic E-state index is 12.5. The van der Waals surface area contributed by atoms with Gasteiger partial charge in [-0.15, -0.1) is 0 Å². The molecule has 8 nitrogen and oxygen atoms in total. The Bertz CT molecular complexity index is 1050. The quantitative estimate of drug-likeness (QED) is 0.540. The van der Waals surface area contributed by atoms with Crippen LogP contribution in [0.15, 0.2) is 39.7 Å². The van der Waals surface area contributed by atoms with Crippen molar-refractivity contribution in [1.82, 2.24) is 4.90 Å². The van der Waals surface area contributed by atoms with Crippen LogP contribution in [0.2, 0.25) is 0 Å². The summed E-state index contributed by atoms with van der Waals surface area (Å²) < 4.78 is 10.3. The number of rotatable bonds is 5. The lowest BCUT2D eigenvalue weighted by Gasteiger charge is -2.18. The molecule has 1 aliphatic heterocycles. The standard InChI is InChI=1S/C20H17NO7S/c1-10-8-12(18(23)24)4-6-14(10)15-7-5-13(28-15)9-16-17(22)21(20(26)29-16)11(2)19(25)27-3/h4-9,11H,1-3H3,(H,23,24)/p-1/b16-9+/t11-/m0/s1. The van der Waals surface area contributed by atoms with Gasteiger partial charge in [-0.2, -0.15) is 0 Å². The fraction of sp³-hybridized carbons (Fsp3) is 0.200. The number of hydrogen-bond donors (Lipinski definition) is 0. The molecule has 1 atom stereocenters. The second-order valence-corrected chi connectivity index (χ2v) is 7.26. The Kier molecular flexibility index (Phi) is 5.60. The van der Waals surface area contributed by atoms with Gasteiger partial charge in [0.2, 0.25) is 0 Å². The molecular formula is C20H16NO7S-. The first-order valence-corrected chi connectivity index (χ1v) is 9.31. The van der Waals surface area contributed by atoms with Crippen LogP contribution in [0.5, 0.6) is 0 Å². The molecule has 1 aromatic carbocycles. The van der Waals surface area contributed by atoms with Crippen LogP contribution in [0.4, 0.5) is 4.79 Å². The van der Waals surface area contributed by atoms with Crippen molar-refractivity contribution in [3.63, 3.8) is 0 Å². The highest BCUT2D eigenvalue weighted by atomic mass is 32.2. The highest BCUT2D eigenvalue weighted by molar-refractivity contribution is 8.18. The van der Waals surface area contributed by atoms with Gasteiger partial charge in [-0.25, -0.2) is 4.79 Å². The number of aromatic carboxylic acids is 1. The normalized spacial score (nSPS) is 16.4. The van der Waals surface area contributed by atoms with Crippen molar-refractivity contribution >= 4 is 40.9 Å². The molecule has 1 saturated heterocycles. The third-order valence-corrected chi connectivity index (χ3v) is 5.26. The average molecular weight is 414 g/mol. The van der Waals surface area contributed by atoms with Gasteiger partial charge >= 0.3 is 5.97 Å². The predicted octanol–water partition coefficient (Wildman–Crippen LogP) is 2.22. The van der Waals surface area contributed by atoms with E-state index in [4.69, 9.17) is 4.42 Å². The fourth-order valence-electron chi connectivity index (χ4n) is 2.86. The molecule has 0 unspecified atom stereocenters. The van der Waals surface area contributed by atoms with Gasteiger partial charge < -0.3 is 19.1 Å². The SMILES string of the molecule is COC(=O)[C@H](C)N1C(=O)S/C(=C/c2ccc(-c3ccc(C(=O)[O-])cc3C)o2)C1=O. The minimum Gasteiger partial charge on any atom is -0.545 e. The molecule has 29 heavy (non-hydrogen) atoms. The Labute approximate surface area is 170 Å². The zero-order valence-corrected chi connectivity index (χ0v) is 16.6. The molecule has 0 bridgehead atoms. The summed E-state index contributed by atoms with van der Waals surface area (Å²) in [5, 5.41) is 10.4. The molecule has 1 fully saturated rings. The van der Waals surface area contributed by atoms with Crippen molar-refractivity contribution in [2.24, 2.45) is 0 Å². The number of furan rings is 1. The van der Waals surface area contributed by atoms with Gasteiger partial charge in [-0.05, 0) is 54.9 Å². The number of carbonyl (C=O) groups is 4. The summed E-state index contributed by atoms with van der Waals surface area (Å²) in [6.07, 6.45) is 1.42. The summed E-state index contributed by atoms with van der Waals surface area (Å²) in [5.41, 5.74) is 1.42. The Morgan fingerprint density at radius 2 is 1.97 bits per heavy atom. The number of imide groups is 1. The number of amides is 2. The maximum Gasteiger partial charge on any atom is 0.328 e. The summed E-state index contributed by atoms with van der Waals surface area (Å²) in [7, 11) is 1.18. The molecule has 1 aliphatic rings. The van der Waals surface area contributed by atoms with E-state index in [0.717, 1.165) is 4.90 Å². The zero-order valence-electron chi connectivity index (χ0n) is 15.8. The summed E-state index contributed by atoms with van der Waals surface area (Å²) in [5.74, 6) is -1.76. The lowest BCUT2D eigenvalue weighted by molar-refractivity contribution is -0.255. The number of aryl methyl sites for hydroxylation is 1. The van der Waals surface area contributed by atoms with Crippen LogP contribution >= 0.6 is 11.8 Å². The molecule has 0 aliphatic carbocycles. The van der Waals surface area contributed by atoms with E-state index in [1.54, 1.807) is 25.1 Å². The molecule has 2 heterocycles. The van der Waals surface area contributed by atoms with Crippen molar-refractivity contribution in [3.8, 4) is 11.3 Å². The van der Waals surface area contributed by atoms with Crippen molar-refractivity contribution in [3.05, 3.63) is 52.1 Å². The van der Waals surface area contributed by atoms with Crippen LogP contribution in [-0.4, -0.2) is 41.1 Å². The van der Waals surface area contributed by atoms with Crippen molar-refractivity contribution in [2.45, 2.75) is 19.9 Å². The fourth-order valence-corrected chi connectivity index (χ4v) is 3.75. The monoisotopic (exact) mass is 414 g/mol. The summed E-state index contributed by atoms with van der Waals surface area (Å²) in [4.78, 5) is 48.2. The third kappa shape index (κ3) is 3.95. The van der Waals surface area contributed by atoms with Crippen LogP contribution in [-0.2, 0) is 14.3 Å². The topological polar surface area (TPSA) is 117 Å². The van der Waals surface area contributed by atoms with Crippen molar-refractivity contribution in [2.75, 3.05) is 7.11 Å². The first-order chi connectivity index (χ1) is 13.7. The van der Waals surface area contributed by atoms with Gasteiger partial charge in [-0.1, -0.05) is 12.1 Å². The van der Waals surface area contributed by atoms with E-state index in [-0.39, 0.29) is 10.5 Å². The number of carboxylic acid groups (broad SMARTS) is 1. The van der Waals surface area contributed by atoms with E-state index in [1.165, 1.54) is 32.2 Å². The van der Waals surface area contributed by atoms with E-state index in [2.05, 4.69) is 4.74 Å². The number of carboxylic acids is 1. The molecule has 150 valence electrons. The zero-order chi connectivity index (χ0) is 21.3. The maximum atomic E-state index is 12.5. The van der Waals surface area contributed by atoms with Crippen LogP contribution in [0.1, 0.15) is 28.6 Å². The highest BCUT2D eigenvalue weighted by Gasteiger charge is 2.41. The number of carbonyl (C=O) groups excluding carboxylic acids is 4. The third-order valence-electron chi connectivity index (χ3n) is 4.38. The molecule has 0 radical (unpaired) electrons. The van der Waals surface area contributed by atoms with E-state index >= 15 is 0 Å². The van der Waals surface area contributed by atoms with Crippen LogP contribution < -0.4 is 5.11 Å². The van der Waals surface area contributed by atoms with Crippen LogP contribution in [0, 0.1) is 6.92 Å². The van der Waals surface area contributed by atoms with E-state index in [9.17, 15) is 24.3 Å². The first kappa shape index (κ1) is 20.4. The highest BCUT2D eigenvalue weighted by Crippen LogP contribution is 2.35. The Morgan fingerprint density at radius 3 is 2.59 bits per heavy atom. The van der Waals surface area contributed by atoms with Gasteiger partial charge in [0.1, 0.15) is 17.6 Å². The second kappa shape index (κ2) is 7.96. The molecule has 0 spiro atoms. The van der Waals surface area contributed by atoms with Gasteiger partial charge in [0.05, 0.1) is 18.0 Å². The largest absolute Gasteiger partial charge is 0.545 e. The Balaban J connectivity index is 1.85. The first-order valence-electron chi connectivity index (χ1n) is 8.50. The van der Waals surface area contributed by atoms with Gasteiger partial charge in [0.25, 0.3) is 11.1 Å².